The molecule has 0 saturated heterocycles. The molecule has 0 saturated carbocycles. The van der Waals surface area contributed by atoms with Crippen LogP contribution < -0.4 is 10.5 Å². The number of ether oxygens (including phenoxy) is 1. The van der Waals surface area contributed by atoms with Crippen LogP contribution in [0.5, 0.6) is 5.75 Å². The van der Waals surface area contributed by atoms with Gasteiger partial charge in [0.1, 0.15) is 11.5 Å². The van der Waals surface area contributed by atoms with Crippen LogP contribution >= 0.6 is 15.9 Å². The fourth-order valence-electron chi connectivity index (χ4n) is 2.74. The van der Waals surface area contributed by atoms with Crippen LogP contribution in [0.4, 0.5) is 0 Å². The average Bonchev–Trinajstić information content (AvgIpc) is 2.83. The Morgan fingerprint density at radius 1 is 1.45 bits per heavy atom. The molecule has 1 aromatic carbocycles. The largest absolute Gasteiger partial charge is 0.493 e. The van der Waals surface area contributed by atoms with Gasteiger partial charge in [-0.1, -0.05) is 29.8 Å². The predicted molar refractivity (Wildman–Crippen MR) is 84.1 cm³/mol. The Kier molecular flexibility index (Phi) is 5.22. The zero-order valence-electron chi connectivity index (χ0n) is 12.1. The van der Waals surface area contributed by atoms with Gasteiger partial charge in [0.05, 0.1) is 6.61 Å². The molecule has 0 aliphatic carbocycles. The van der Waals surface area contributed by atoms with Gasteiger partial charge in [0, 0.05) is 35.3 Å². The van der Waals surface area contributed by atoms with E-state index in [0.29, 0.717) is 25.5 Å². The number of fused-ring (bicyclic) bond motifs is 1. The van der Waals surface area contributed by atoms with Crippen molar-refractivity contribution in [2.75, 3.05) is 13.2 Å². The first-order valence-corrected chi connectivity index (χ1v) is 7.97. The first kappa shape index (κ1) is 15.5. The first-order valence-electron chi connectivity index (χ1n) is 7.18. The second-order valence-corrected chi connectivity index (χ2v) is 6.77. The highest BCUT2D eigenvalue weighted by Crippen LogP contribution is 2.33. The first-order chi connectivity index (χ1) is 9.51. The van der Waals surface area contributed by atoms with E-state index in [1.165, 1.54) is 5.56 Å². The third kappa shape index (κ3) is 3.61. The summed E-state index contributed by atoms with van der Waals surface area (Å²) < 4.78 is 6.69. The number of hydrogen-bond acceptors (Lipinski definition) is 3. The van der Waals surface area contributed by atoms with Crippen molar-refractivity contribution < 1.29 is 9.53 Å². The highest BCUT2D eigenvalue weighted by Gasteiger charge is 2.23. The van der Waals surface area contributed by atoms with Crippen LogP contribution in [0.3, 0.4) is 0 Å². The van der Waals surface area contributed by atoms with Crippen LogP contribution in [0.2, 0.25) is 0 Å². The van der Waals surface area contributed by atoms with Gasteiger partial charge in [-0.15, -0.1) is 0 Å². The number of ketones is 1. The zero-order chi connectivity index (χ0) is 14.7. The molecule has 20 heavy (non-hydrogen) atoms. The third-order valence-electron chi connectivity index (χ3n) is 3.69. The zero-order valence-corrected chi connectivity index (χ0v) is 13.7. The maximum atomic E-state index is 12.4. The monoisotopic (exact) mass is 339 g/mol. The van der Waals surface area contributed by atoms with Crippen molar-refractivity contribution in [3.8, 4) is 5.75 Å². The minimum absolute atomic E-state index is 0.0500. The lowest BCUT2D eigenvalue weighted by molar-refractivity contribution is -0.122. The molecule has 1 unspecified atom stereocenters. The van der Waals surface area contributed by atoms with Crippen LogP contribution in [0.25, 0.3) is 0 Å². The highest BCUT2D eigenvalue weighted by atomic mass is 79.9. The molecule has 1 heterocycles. The SMILES string of the molecule is CC(C)CC(CN)C(=O)Cc1cc(Br)cc2c1OCC2. The molecule has 1 aliphatic heterocycles. The molecule has 0 radical (unpaired) electrons. The molecule has 0 amide bonds. The minimum atomic E-state index is -0.0500. The van der Waals surface area contributed by atoms with E-state index < -0.39 is 0 Å². The summed E-state index contributed by atoms with van der Waals surface area (Å²) >= 11 is 3.51. The lowest BCUT2D eigenvalue weighted by Gasteiger charge is -2.17. The molecule has 1 aliphatic rings. The van der Waals surface area contributed by atoms with Gasteiger partial charge in [-0.3, -0.25) is 4.79 Å². The normalized spacial score (nSPS) is 15.1. The van der Waals surface area contributed by atoms with Gasteiger partial charge in [0.2, 0.25) is 0 Å². The number of carbonyl (C=O) groups excluding carboxylic acids is 1. The molecule has 0 aromatic heterocycles. The number of benzene rings is 1. The molecular weight excluding hydrogens is 318 g/mol. The average molecular weight is 340 g/mol. The maximum absolute atomic E-state index is 12.4. The summed E-state index contributed by atoms with van der Waals surface area (Å²) in [5.74, 6) is 1.56. The van der Waals surface area contributed by atoms with Crippen molar-refractivity contribution in [3.63, 3.8) is 0 Å². The number of rotatable bonds is 6. The Morgan fingerprint density at radius 3 is 2.85 bits per heavy atom. The molecule has 2 N–H and O–H groups in total. The van der Waals surface area contributed by atoms with Crippen LogP contribution in [0.15, 0.2) is 16.6 Å². The van der Waals surface area contributed by atoms with Crippen molar-refractivity contribution in [2.45, 2.75) is 33.1 Å². The van der Waals surface area contributed by atoms with Gasteiger partial charge in [0.15, 0.2) is 0 Å². The molecule has 4 heteroatoms. The summed E-state index contributed by atoms with van der Waals surface area (Å²) in [7, 11) is 0. The van der Waals surface area contributed by atoms with Gasteiger partial charge in [0.25, 0.3) is 0 Å². The van der Waals surface area contributed by atoms with E-state index >= 15 is 0 Å². The van der Waals surface area contributed by atoms with Gasteiger partial charge in [-0.05, 0) is 30.0 Å². The predicted octanol–water partition coefficient (Wildman–Crippen LogP) is 3.12. The quantitative estimate of drug-likeness (QED) is 0.866. The Morgan fingerprint density at radius 2 is 2.20 bits per heavy atom. The molecule has 1 aromatic rings. The highest BCUT2D eigenvalue weighted by molar-refractivity contribution is 9.10. The van der Waals surface area contributed by atoms with Crippen molar-refractivity contribution in [1.82, 2.24) is 0 Å². The molecule has 0 fully saturated rings. The lowest BCUT2D eigenvalue weighted by Crippen LogP contribution is -2.26. The minimum Gasteiger partial charge on any atom is -0.493 e. The summed E-state index contributed by atoms with van der Waals surface area (Å²) in [6, 6.07) is 4.07. The van der Waals surface area contributed by atoms with Crippen molar-refractivity contribution >= 4 is 21.7 Å². The summed E-state index contributed by atoms with van der Waals surface area (Å²) in [6.45, 7) is 5.37. The van der Waals surface area contributed by atoms with E-state index in [-0.39, 0.29) is 11.7 Å². The summed E-state index contributed by atoms with van der Waals surface area (Å²) in [6.07, 6.45) is 2.19. The van der Waals surface area contributed by atoms with Crippen LogP contribution in [-0.4, -0.2) is 18.9 Å². The lowest BCUT2D eigenvalue weighted by atomic mass is 9.89. The van der Waals surface area contributed by atoms with Crippen LogP contribution in [0.1, 0.15) is 31.4 Å². The van der Waals surface area contributed by atoms with Gasteiger partial charge >= 0.3 is 0 Å². The molecule has 1 atom stereocenters. The van der Waals surface area contributed by atoms with Crippen LogP contribution in [0, 0.1) is 11.8 Å². The molecule has 2 rings (SSSR count). The van der Waals surface area contributed by atoms with E-state index in [4.69, 9.17) is 10.5 Å². The van der Waals surface area contributed by atoms with E-state index in [2.05, 4.69) is 35.8 Å². The number of hydrogen-bond donors (Lipinski definition) is 1. The fourth-order valence-corrected chi connectivity index (χ4v) is 3.29. The van der Waals surface area contributed by atoms with Crippen molar-refractivity contribution in [2.24, 2.45) is 17.6 Å². The van der Waals surface area contributed by atoms with Gasteiger partial charge in [-0.2, -0.15) is 0 Å². The van der Waals surface area contributed by atoms with E-state index in [1.807, 2.05) is 6.07 Å². The van der Waals surface area contributed by atoms with Crippen LogP contribution in [-0.2, 0) is 17.6 Å². The second kappa shape index (κ2) is 6.72. The molecule has 0 spiro atoms. The third-order valence-corrected chi connectivity index (χ3v) is 4.14. The standard InChI is InChI=1S/C16H22BrNO2/c1-10(2)5-13(9-18)15(19)8-12-7-14(17)6-11-3-4-20-16(11)12/h6-7,10,13H,3-5,8-9,18H2,1-2H3. The smallest absolute Gasteiger partial charge is 0.141 e. The van der Waals surface area contributed by atoms with Gasteiger partial charge < -0.3 is 10.5 Å². The summed E-state index contributed by atoms with van der Waals surface area (Å²) in [4.78, 5) is 12.4. The number of carbonyl (C=O) groups is 1. The Bertz CT molecular complexity index is 499. The molecule has 3 nitrogen and oxygen atoms in total. The van der Waals surface area contributed by atoms with Gasteiger partial charge in [-0.25, -0.2) is 0 Å². The topological polar surface area (TPSA) is 52.3 Å². The Hall–Kier alpha value is -0.870. The number of halogens is 1. The fraction of sp³-hybridized carbons (Fsp3) is 0.562. The van der Waals surface area contributed by atoms with E-state index in [1.54, 1.807) is 0 Å². The van der Waals surface area contributed by atoms with Crippen molar-refractivity contribution in [3.05, 3.63) is 27.7 Å². The summed E-state index contributed by atoms with van der Waals surface area (Å²) in [5, 5.41) is 0. The second-order valence-electron chi connectivity index (χ2n) is 5.86. The molecule has 110 valence electrons. The number of Topliss-reactive ketones (excluding diaryl/α,β-unsaturated/α-hetero) is 1. The van der Waals surface area contributed by atoms with E-state index in [0.717, 1.165) is 28.6 Å². The summed E-state index contributed by atoms with van der Waals surface area (Å²) in [5.41, 5.74) is 7.93. The molecular formula is C16H22BrNO2. The van der Waals surface area contributed by atoms with E-state index in [9.17, 15) is 4.79 Å². The Labute approximate surface area is 129 Å². The maximum Gasteiger partial charge on any atom is 0.141 e. The molecule has 0 bridgehead atoms. The van der Waals surface area contributed by atoms with Crippen molar-refractivity contribution in [1.29, 1.82) is 0 Å². The number of nitrogens with two attached hydrogens (primary N) is 1. The Balaban J connectivity index is 2.15.